The molecule has 3 N–H and O–H groups in total. The van der Waals surface area contributed by atoms with Gasteiger partial charge in [0.05, 0.1) is 5.60 Å². The Balaban J connectivity index is 2.43. The molecule has 1 aromatic rings. The van der Waals surface area contributed by atoms with Gasteiger partial charge in [0.2, 0.25) is 0 Å². The van der Waals surface area contributed by atoms with Gasteiger partial charge in [0.25, 0.3) is 0 Å². The van der Waals surface area contributed by atoms with Crippen molar-refractivity contribution in [1.29, 1.82) is 0 Å². The lowest BCUT2D eigenvalue weighted by atomic mass is 10.1. The van der Waals surface area contributed by atoms with Gasteiger partial charge >= 0.3 is 6.03 Å². The summed E-state index contributed by atoms with van der Waals surface area (Å²) in [4.78, 5) is 15.4. The summed E-state index contributed by atoms with van der Waals surface area (Å²) in [7, 11) is 0. The lowest BCUT2D eigenvalue weighted by Crippen LogP contribution is -2.40. The quantitative estimate of drug-likeness (QED) is 0.735. The van der Waals surface area contributed by atoms with Gasteiger partial charge in [-0.1, -0.05) is 0 Å². The van der Waals surface area contributed by atoms with Gasteiger partial charge in [0.15, 0.2) is 0 Å². The molecule has 0 radical (unpaired) electrons. The maximum absolute atomic E-state index is 11.4. The lowest BCUT2D eigenvalue weighted by Gasteiger charge is -2.17. The Hall–Kier alpha value is -0.890. The minimum absolute atomic E-state index is 0.184. The number of halogens is 1. The molecule has 0 fully saturated rings. The summed E-state index contributed by atoms with van der Waals surface area (Å²) in [6.45, 7) is 3.43. The predicted octanol–water partition coefficient (Wildman–Crippen LogP) is 1.58. The highest BCUT2D eigenvalue weighted by atomic mass is 127. The van der Waals surface area contributed by atoms with Gasteiger partial charge in [-0.25, -0.2) is 9.78 Å². The molecule has 1 rings (SSSR count). The fraction of sp³-hybridized carbons (Fsp3) is 0.400. The third kappa shape index (κ3) is 5.26. The molecule has 0 saturated heterocycles. The van der Waals surface area contributed by atoms with E-state index in [1.54, 1.807) is 26.1 Å². The van der Waals surface area contributed by atoms with Crippen molar-refractivity contribution in [2.24, 2.45) is 0 Å². The Bertz CT molecular complexity index is 359. The van der Waals surface area contributed by atoms with E-state index in [2.05, 4.69) is 38.2 Å². The van der Waals surface area contributed by atoms with Crippen molar-refractivity contribution in [2.75, 3.05) is 11.9 Å². The molecule has 0 aliphatic rings. The first-order valence-electron chi connectivity index (χ1n) is 4.75. The van der Waals surface area contributed by atoms with Crippen LogP contribution in [0.5, 0.6) is 0 Å². The number of rotatable bonds is 3. The van der Waals surface area contributed by atoms with Crippen LogP contribution >= 0.6 is 22.6 Å². The Morgan fingerprint density at radius 3 is 2.75 bits per heavy atom. The van der Waals surface area contributed by atoms with Crippen molar-refractivity contribution in [3.05, 3.63) is 21.9 Å². The van der Waals surface area contributed by atoms with Crippen molar-refractivity contribution in [3.63, 3.8) is 0 Å². The van der Waals surface area contributed by atoms with Gasteiger partial charge in [-0.3, -0.25) is 5.32 Å². The highest BCUT2D eigenvalue weighted by Crippen LogP contribution is 2.06. The van der Waals surface area contributed by atoms with E-state index in [0.29, 0.717) is 5.82 Å². The SMILES string of the molecule is CC(C)(O)CNC(=O)Nc1ccc(I)cn1. The van der Waals surface area contributed by atoms with Crippen LogP contribution < -0.4 is 10.6 Å². The minimum atomic E-state index is -0.920. The van der Waals surface area contributed by atoms with Crippen LogP contribution in [0.4, 0.5) is 10.6 Å². The van der Waals surface area contributed by atoms with E-state index in [0.717, 1.165) is 3.57 Å². The van der Waals surface area contributed by atoms with Crippen LogP contribution in [0.15, 0.2) is 18.3 Å². The number of hydrogen-bond donors (Lipinski definition) is 3. The molecule has 0 spiro atoms. The summed E-state index contributed by atoms with van der Waals surface area (Å²) in [5.41, 5.74) is -0.920. The number of aliphatic hydroxyl groups is 1. The second kappa shape index (κ2) is 5.44. The van der Waals surface area contributed by atoms with Gasteiger partial charge < -0.3 is 10.4 Å². The van der Waals surface area contributed by atoms with Crippen LogP contribution in [0.1, 0.15) is 13.8 Å². The van der Waals surface area contributed by atoms with E-state index >= 15 is 0 Å². The first-order chi connectivity index (χ1) is 7.37. The molecule has 0 aliphatic heterocycles. The van der Waals surface area contributed by atoms with E-state index in [1.807, 2.05) is 6.07 Å². The molecule has 0 saturated carbocycles. The molecule has 16 heavy (non-hydrogen) atoms. The molecule has 0 aliphatic carbocycles. The van der Waals surface area contributed by atoms with E-state index in [4.69, 9.17) is 0 Å². The number of hydrogen-bond acceptors (Lipinski definition) is 3. The Morgan fingerprint density at radius 1 is 1.56 bits per heavy atom. The summed E-state index contributed by atoms with van der Waals surface area (Å²) in [5, 5.41) is 14.5. The van der Waals surface area contributed by atoms with Gasteiger partial charge in [-0.05, 0) is 48.6 Å². The fourth-order valence-electron chi connectivity index (χ4n) is 0.907. The third-order valence-electron chi connectivity index (χ3n) is 1.65. The number of carbonyl (C=O) groups is 1. The van der Waals surface area contributed by atoms with Gasteiger partial charge in [0, 0.05) is 16.3 Å². The Kier molecular flexibility index (Phi) is 4.48. The second-order valence-electron chi connectivity index (χ2n) is 3.98. The summed E-state index contributed by atoms with van der Waals surface area (Å²) < 4.78 is 1.00. The number of pyridine rings is 1. The second-order valence-corrected chi connectivity index (χ2v) is 5.23. The lowest BCUT2D eigenvalue weighted by molar-refractivity contribution is 0.0826. The molecule has 6 heteroatoms. The number of urea groups is 1. The number of anilines is 1. The molecule has 2 amide bonds. The highest BCUT2D eigenvalue weighted by Gasteiger charge is 2.13. The molecule has 88 valence electrons. The van der Waals surface area contributed by atoms with Crippen LogP contribution in [0.2, 0.25) is 0 Å². The molecule has 0 unspecified atom stereocenters. The number of aromatic nitrogens is 1. The number of amides is 2. The first kappa shape index (κ1) is 13.2. The van der Waals surface area contributed by atoms with Crippen LogP contribution in [0.3, 0.4) is 0 Å². The molecule has 1 aromatic heterocycles. The van der Waals surface area contributed by atoms with E-state index < -0.39 is 5.60 Å². The fourth-order valence-corrected chi connectivity index (χ4v) is 1.23. The largest absolute Gasteiger partial charge is 0.389 e. The van der Waals surface area contributed by atoms with E-state index in [1.165, 1.54) is 0 Å². The molecule has 1 heterocycles. The molecule has 0 atom stereocenters. The molecule has 5 nitrogen and oxygen atoms in total. The monoisotopic (exact) mass is 335 g/mol. The average Bonchev–Trinajstić information content (AvgIpc) is 2.18. The zero-order valence-corrected chi connectivity index (χ0v) is 11.3. The van der Waals surface area contributed by atoms with Crippen molar-refractivity contribution in [2.45, 2.75) is 19.4 Å². The molecule has 0 bridgehead atoms. The summed E-state index contributed by atoms with van der Waals surface area (Å²) in [6.07, 6.45) is 1.66. The third-order valence-corrected chi connectivity index (χ3v) is 2.29. The molecular weight excluding hydrogens is 321 g/mol. The standard InChI is InChI=1S/C10H14IN3O2/c1-10(2,16)6-13-9(15)14-8-4-3-7(11)5-12-8/h3-5,16H,6H2,1-2H3,(H2,12,13,14,15). The average molecular weight is 335 g/mol. The van der Waals surface area contributed by atoms with Crippen molar-refractivity contribution in [3.8, 4) is 0 Å². The smallest absolute Gasteiger partial charge is 0.320 e. The van der Waals surface area contributed by atoms with E-state index in [9.17, 15) is 9.90 Å². The first-order valence-corrected chi connectivity index (χ1v) is 5.83. The summed E-state index contributed by atoms with van der Waals surface area (Å²) in [6, 6.07) is 3.18. The maximum atomic E-state index is 11.4. The van der Waals surface area contributed by atoms with Crippen molar-refractivity contribution < 1.29 is 9.90 Å². The van der Waals surface area contributed by atoms with Gasteiger partial charge in [0.1, 0.15) is 5.82 Å². The van der Waals surface area contributed by atoms with Crippen molar-refractivity contribution in [1.82, 2.24) is 10.3 Å². The maximum Gasteiger partial charge on any atom is 0.320 e. The van der Waals surface area contributed by atoms with Crippen LogP contribution in [-0.4, -0.2) is 28.3 Å². The number of carbonyl (C=O) groups excluding carboxylic acids is 1. The zero-order chi connectivity index (χ0) is 12.2. The Morgan fingerprint density at radius 2 is 2.25 bits per heavy atom. The molecular formula is C10H14IN3O2. The van der Waals surface area contributed by atoms with Gasteiger partial charge in [-0.2, -0.15) is 0 Å². The Labute approximate surface area is 108 Å². The highest BCUT2D eigenvalue weighted by molar-refractivity contribution is 14.1. The summed E-state index contributed by atoms with van der Waals surface area (Å²) in [5.74, 6) is 0.480. The zero-order valence-electron chi connectivity index (χ0n) is 9.12. The number of nitrogens with one attached hydrogen (secondary N) is 2. The predicted molar refractivity (Wildman–Crippen MR) is 70.3 cm³/mol. The van der Waals surface area contributed by atoms with Crippen molar-refractivity contribution >= 4 is 34.4 Å². The van der Waals surface area contributed by atoms with Crippen LogP contribution in [-0.2, 0) is 0 Å². The van der Waals surface area contributed by atoms with Crippen LogP contribution in [0, 0.1) is 3.57 Å². The normalized spacial score (nSPS) is 11.0. The summed E-state index contributed by atoms with van der Waals surface area (Å²) >= 11 is 2.13. The molecule has 0 aromatic carbocycles. The topological polar surface area (TPSA) is 74.2 Å². The van der Waals surface area contributed by atoms with Crippen LogP contribution in [0.25, 0.3) is 0 Å². The van der Waals surface area contributed by atoms with Gasteiger partial charge in [-0.15, -0.1) is 0 Å². The minimum Gasteiger partial charge on any atom is -0.389 e. The van der Waals surface area contributed by atoms with E-state index in [-0.39, 0.29) is 12.6 Å². The number of nitrogens with zero attached hydrogens (tertiary/aromatic N) is 1.